The van der Waals surface area contributed by atoms with Crippen molar-refractivity contribution in [3.8, 4) is 0 Å². The van der Waals surface area contributed by atoms with Crippen molar-refractivity contribution in [1.82, 2.24) is 4.57 Å². The number of carbonyl (C=O) groups is 2. The fraction of sp³-hybridized carbons (Fsp3) is 0.222. The third kappa shape index (κ3) is 2.86. The van der Waals surface area contributed by atoms with Crippen LogP contribution in [0, 0.1) is 5.92 Å². The lowest BCUT2D eigenvalue weighted by molar-refractivity contribution is -0.131. The zero-order valence-corrected chi connectivity index (χ0v) is 12.1. The van der Waals surface area contributed by atoms with E-state index < -0.39 is 5.97 Å². The highest BCUT2D eigenvalue weighted by molar-refractivity contribution is 5.99. The first kappa shape index (κ1) is 14.3. The summed E-state index contributed by atoms with van der Waals surface area (Å²) in [6.07, 6.45) is 11.1. The first-order chi connectivity index (χ1) is 10.6. The minimum Gasteiger partial charge on any atom is -0.478 e. The number of hydrogen-bond donors (Lipinski definition) is 1. The van der Waals surface area contributed by atoms with Crippen molar-refractivity contribution >= 4 is 28.9 Å². The first-order valence-electron chi connectivity index (χ1n) is 7.36. The topological polar surface area (TPSA) is 59.3 Å². The van der Waals surface area contributed by atoms with E-state index in [9.17, 15) is 9.59 Å². The van der Waals surface area contributed by atoms with Gasteiger partial charge in [0.25, 0.3) is 0 Å². The lowest BCUT2D eigenvalue weighted by Crippen LogP contribution is -2.12. The third-order valence-corrected chi connectivity index (χ3v) is 3.97. The Morgan fingerprint density at radius 3 is 2.86 bits per heavy atom. The van der Waals surface area contributed by atoms with Crippen molar-refractivity contribution < 1.29 is 14.7 Å². The number of benzene rings is 1. The lowest BCUT2D eigenvalue weighted by Gasteiger charge is -2.08. The fourth-order valence-electron chi connectivity index (χ4n) is 2.89. The van der Waals surface area contributed by atoms with Gasteiger partial charge in [-0.25, -0.2) is 4.79 Å². The molecule has 1 atom stereocenters. The van der Waals surface area contributed by atoms with E-state index in [4.69, 9.17) is 5.11 Å². The second-order valence-corrected chi connectivity index (χ2v) is 5.51. The summed E-state index contributed by atoms with van der Waals surface area (Å²) in [5, 5.41) is 9.67. The molecule has 0 saturated carbocycles. The number of aliphatic carboxylic acids is 1. The van der Waals surface area contributed by atoms with E-state index in [0.29, 0.717) is 12.3 Å². The van der Waals surface area contributed by atoms with Crippen LogP contribution in [0.25, 0.3) is 17.0 Å². The highest BCUT2D eigenvalue weighted by Gasteiger charge is 2.17. The van der Waals surface area contributed by atoms with Crippen molar-refractivity contribution in [2.45, 2.75) is 19.3 Å². The SMILES string of the molecule is O=C(O)/C=C\c1cn(C(=O)CC2C=CCC2)c2ccccc12. The molecular formula is C18H17NO3. The maximum absolute atomic E-state index is 12.6. The standard InChI is InChI=1S/C18H17NO3/c20-17(11-13-5-1-2-6-13)19-12-14(9-10-18(21)22)15-7-3-4-8-16(15)19/h1,3-5,7-10,12-13H,2,6,11H2,(H,21,22)/b10-9-. The number of carbonyl (C=O) groups excluding carboxylic acids is 1. The molecule has 4 heteroatoms. The number of rotatable bonds is 4. The van der Waals surface area contributed by atoms with Crippen LogP contribution in [0.15, 0.2) is 48.7 Å². The Morgan fingerprint density at radius 2 is 2.14 bits per heavy atom. The number of aromatic nitrogens is 1. The number of carboxylic acid groups (broad SMARTS) is 1. The highest BCUT2D eigenvalue weighted by Crippen LogP contribution is 2.26. The second-order valence-electron chi connectivity index (χ2n) is 5.51. The van der Waals surface area contributed by atoms with Gasteiger partial charge in [0, 0.05) is 29.6 Å². The molecule has 3 rings (SSSR count). The summed E-state index contributed by atoms with van der Waals surface area (Å²) in [6.45, 7) is 0. The summed E-state index contributed by atoms with van der Waals surface area (Å²) >= 11 is 0. The van der Waals surface area contributed by atoms with Crippen LogP contribution in [-0.4, -0.2) is 21.6 Å². The van der Waals surface area contributed by atoms with Crippen molar-refractivity contribution in [3.63, 3.8) is 0 Å². The van der Waals surface area contributed by atoms with Gasteiger partial charge in [0.1, 0.15) is 0 Å². The molecule has 0 aliphatic heterocycles. The average Bonchev–Trinajstić information content (AvgIpc) is 3.12. The minimum absolute atomic E-state index is 0.0442. The molecule has 1 heterocycles. The summed E-state index contributed by atoms with van der Waals surface area (Å²) in [7, 11) is 0. The van der Waals surface area contributed by atoms with Gasteiger partial charge in [-0.2, -0.15) is 0 Å². The molecule has 112 valence electrons. The van der Waals surface area contributed by atoms with Crippen LogP contribution in [0.5, 0.6) is 0 Å². The van der Waals surface area contributed by atoms with Crippen molar-refractivity contribution in [2.75, 3.05) is 0 Å². The van der Waals surface area contributed by atoms with Crippen LogP contribution in [0.2, 0.25) is 0 Å². The maximum atomic E-state index is 12.6. The van der Waals surface area contributed by atoms with Crippen LogP contribution in [0.1, 0.15) is 29.6 Å². The van der Waals surface area contributed by atoms with E-state index in [0.717, 1.165) is 35.4 Å². The van der Waals surface area contributed by atoms with Gasteiger partial charge in [0.2, 0.25) is 5.91 Å². The highest BCUT2D eigenvalue weighted by atomic mass is 16.4. The van der Waals surface area contributed by atoms with Crippen LogP contribution in [0.4, 0.5) is 0 Å². The molecule has 22 heavy (non-hydrogen) atoms. The Kier molecular flexibility index (Phi) is 3.92. The monoisotopic (exact) mass is 295 g/mol. The predicted molar refractivity (Wildman–Crippen MR) is 85.7 cm³/mol. The molecule has 0 saturated heterocycles. The number of nitrogens with zero attached hydrogens (tertiary/aromatic N) is 1. The number of carboxylic acids is 1. The summed E-state index contributed by atoms with van der Waals surface area (Å²) < 4.78 is 1.64. The smallest absolute Gasteiger partial charge is 0.328 e. The van der Waals surface area contributed by atoms with E-state index in [-0.39, 0.29) is 5.91 Å². The first-order valence-corrected chi connectivity index (χ1v) is 7.36. The van der Waals surface area contributed by atoms with E-state index in [2.05, 4.69) is 12.2 Å². The molecule has 1 N–H and O–H groups in total. The molecular weight excluding hydrogens is 278 g/mol. The van der Waals surface area contributed by atoms with Crippen molar-refractivity contribution in [2.24, 2.45) is 5.92 Å². The lowest BCUT2D eigenvalue weighted by atomic mass is 10.1. The normalized spacial score (nSPS) is 17.5. The van der Waals surface area contributed by atoms with Crippen LogP contribution >= 0.6 is 0 Å². The average molecular weight is 295 g/mol. The third-order valence-electron chi connectivity index (χ3n) is 3.97. The quantitative estimate of drug-likeness (QED) is 0.690. The Bertz CT molecular complexity index is 783. The molecule has 4 nitrogen and oxygen atoms in total. The predicted octanol–water partition coefficient (Wildman–Crippen LogP) is 3.74. The van der Waals surface area contributed by atoms with Gasteiger partial charge in [0.05, 0.1) is 5.52 Å². The summed E-state index contributed by atoms with van der Waals surface area (Å²) in [5.74, 6) is -0.645. The molecule has 0 radical (unpaired) electrons. The Balaban J connectivity index is 1.96. The molecule has 0 spiro atoms. The number of hydrogen-bond acceptors (Lipinski definition) is 2. The Morgan fingerprint density at radius 1 is 1.32 bits per heavy atom. The molecule has 1 aliphatic rings. The molecule has 1 aliphatic carbocycles. The van der Waals surface area contributed by atoms with Crippen LogP contribution in [0.3, 0.4) is 0 Å². The molecule has 2 aromatic rings. The number of fused-ring (bicyclic) bond motifs is 1. The van der Waals surface area contributed by atoms with Crippen molar-refractivity contribution in [1.29, 1.82) is 0 Å². The molecule has 0 bridgehead atoms. The summed E-state index contributed by atoms with van der Waals surface area (Å²) in [6, 6.07) is 7.55. The van der Waals surface area contributed by atoms with E-state index >= 15 is 0 Å². The van der Waals surface area contributed by atoms with E-state index in [1.807, 2.05) is 24.3 Å². The molecule has 0 fully saturated rings. The van der Waals surface area contributed by atoms with Gasteiger partial charge in [-0.05, 0) is 30.9 Å². The molecule has 1 aromatic heterocycles. The zero-order chi connectivity index (χ0) is 15.5. The number of para-hydroxylation sites is 1. The maximum Gasteiger partial charge on any atom is 0.328 e. The Hall–Kier alpha value is -2.62. The van der Waals surface area contributed by atoms with Gasteiger partial charge in [0.15, 0.2) is 0 Å². The Labute approximate surface area is 128 Å². The molecule has 0 amide bonds. The van der Waals surface area contributed by atoms with Crippen molar-refractivity contribution in [3.05, 3.63) is 54.3 Å². The van der Waals surface area contributed by atoms with Gasteiger partial charge < -0.3 is 5.11 Å². The summed E-state index contributed by atoms with van der Waals surface area (Å²) in [5.41, 5.74) is 1.56. The van der Waals surface area contributed by atoms with Gasteiger partial charge >= 0.3 is 5.97 Å². The largest absolute Gasteiger partial charge is 0.478 e. The summed E-state index contributed by atoms with van der Waals surface area (Å²) in [4.78, 5) is 23.3. The van der Waals surface area contributed by atoms with Gasteiger partial charge in [-0.15, -0.1) is 0 Å². The van der Waals surface area contributed by atoms with Crippen LogP contribution in [-0.2, 0) is 4.79 Å². The number of allylic oxidation sites excluding steroid dienone is 2. The minimum atomic E-state index is -1.00. The molecule has 1 aromatic carbocycles. The van der Waals surface area contributed by atoms with Crippen LogP contribution < -0.4 is 0 Å². The fourth-order valence-corrected chi connectivity index (χ4v) is 2.89. The molecule has 1 unspecified atom stereocenters. The van der Waals surface area contributed by atoms with E-state index in [1.54, 1.807) is 10.8 Å². The van der Waals surface area contributed by atoms with Gasteiger partial charge in [-0.3, -0.25) is 9.36 Å². The second kappa shape index (κ2) is 6.02. The van der Waals surface area contributed by atoms with Gasteiger partial charge in [-0.1, -0.05) is 30.4 Å². The zero-order valence-electron chi connectivity index (χ0n) is 12.1. The van der Waals surface area contributed by atoms with E-state index in [1.165, 1.54) is 6.08 Å².